The van der Waals surface area contributed by atoms with Crippen molar-refractivity contribution in [2.24, 2.45) is 0 Å². The van der Waals surface area contributed by atoms with Crippen LogP contribution in [0.1, 0.15) is 27.9 Å². The van der Waals surface area contributed by atoms with Crippen molar-refractivity contribution in [1.82, 2.24) is 4.98 Å². The van der Waals surface area contributed by atoms with Crippen LogP contribution in [0.25, 0.3) is 10.8 Å². The molecule has 4 heteroatoms. The van der Waals surface area contributed by atoms with Gasteiger partial charge in [0.05, 0.1) is 5.56 Å². The monoisotopic (exact) mass is 401 g/mol. The lowest BCUT2D eigenvalue weighted by molar-refractivity contribution is 0.511. The molecule has 0 saturated heterocycles. The Morgan fingerprint density at radius 3 is 2.27 bits per heavy atom. The molecule has 0 fully saturated rings. The largest absolute Gasteiger partial charge is 0.261 e. The van der Waals surface area contributed by atoms with Crippen LogP contribution in [0.2, 0.25) is 0 Å². The highest BCUT2D eigenvalue weighted by molar-refractivity contribution is 5.84. The summed E-state index contributed by atoms with van der Waals surface area (Å²) in [6, 6.07) is 16.3. The number of aryl methyl sites for hydroxylation is 3. The fourth-order valence-corrected chi connectivity index (χ4v) is 3.19. The number of rotatable bonds is 3. The fraction of sp³-hybridized carbons (Fsp3) is 0.115. The zero-order chi connectivity index (χ0) is 21.1. The van der Waals surface area contributed by atoms with E-state index in [9.17, 15) is 13.2 Å². The summed E-state index contributed by atoms with van der Waals surface area (Å²) in [4.78, 5) is 4.37. The predicted molar refractivity (Wildman–Crippen MR) is 113 cm³/mol. The third-order valence-electron chi connectivity index (χ3n) is 4.90. The van der Waals surface area contributed by atoms with Crippen LogP contribution in [0.3, 0.4) is 0 Å². The molecule has 0 atom stereocenters. The molecule has 0 aliphatic rings. The average Bonchev–Trinajstić information content (AvgIpc) is 2.73. The summed E-state index contributed by atoms with van der Waals surface area (Å²) in [6.07, 6.45) is 3.25. The Hall–Kier alpha value is -3.58. The lowest BCUT2D eigenvalue weighted by atomic mass is 10.0. The molecule has 3 aromatic carbocycles. The molecule has 148 valence electrons. The number of aromatic nitrogens is 1. The minimum atomic E-state index is -0.907. The third kappa shape index (κ3) is 4.52. The Bertz CT molecular complexity index is 1280. The zero-order valence-corrected chi connectivity index (χ0v) is 16.3. The number of nitrogens with zero attached hydrogens (tertiary/aromatic N) is 1. The molecule has 0 amide bonds. The number of halogens is 3. The number of hydrogen-bond donors (Lipinski definition) is 0. The van der Waals surface area contributed by atoms with Crippen LogP contribution in [-0.2, 0) is 12.8 Å². The van der Waals surface area contributed by atoms with E-state index >= 15 is 0 Å². The second-order valence-electron chi connectivity index (χ2n) is 7.22. The van der Waals surface area contributed by atoms with Crippen molar-refractivity contribution in [3.63, 3.8) is 0 Å². The molecule has 30 heavy (non-hydrogen) atoms. The van der Waals surface area contributed by atoms with Gasteiger partial charge in [-0.25, -0.2) is 13.2 Å². The van der Waals surface area contributed by atoms with Crippen molar-refractivity contribution in [1.29, 1.82) is 0 Å². The van der Waals surface area contributed by atoms with E-state index in [0.29, 0.717) is 22.8 Å². The smallest absolute Gasteiger partial charge is 0.159 e. The summed E-state index contributed by atoms with van der Waals surface area (Å²) < 4.78 is 41.2. The Labute approximate surface area is 173 Å². The summed E-state index contributed by atoms with van der Waals surface area (Å²) in [5.74, 6) is 3.54. The average molecular weight is 401 g/mol. The van der Waals surface area contributed by atoms with Crippen LogP contribution in [0.15, 0.2) is 66.9 Å². The van der Waals surface area contributed by atoms with Crippen molar-refractivity contribution >= 4 is 10.8 Å². The minimum absolute atomic E-state index is 0.289. The molecule has 0 bridgehead atoms. The molecule has 0 unspecified atom stereocenters. The summed E-state index contributed by atoms with van der Waals surface area (Å²) in [6.45, 7) is 1.99. The first-order valence-electron chi connectivity index (χ1n) is 9.59. The van der Waals surface area contributed by atoms with Gasteiger partial charge in [-0.3, -0.25) is 4.98 Å². The SMILES string of the molecule is Cc1ccc(CCc2ccc(C#Cc3ccc4cc(F)c(F)cc4c3)c(F)c2)nc1. The first-order chi connectivity index (χ1) is 14.5. The van der Waals surface area contributed by atoms with Gasteiger partial charge in [0, 0.05) is 17.5 Å². The summed E-state index contributed by atoms with van der Waals surface area (Å²) in [7, 11) is 0. The first-order valence-corrected chi connectivity index (χ1v) is 9.59. The van der Waals surface area contributed by atoms with Crippen molar-refractivity contribution in [3.8, 4) is 11.8 Å². The number of benzene rings is 3. The molecule has 1 aromatic heterocycles. The maximum atomic E-state index is 14.5. The van der Waals surface area contributed by atoms with E-state index in [0.717, 1.165) is 35.4 Å². The highest BCUT2D eigenvalue weighted by atomic mass is 19.2. The van der Waals surface area contributed by atoms with Gasteiger partial charge >= 0.3 is 0 Å². The molecule has 1 nitrogen and oxygen atoms in total. The van der Waals surface area contributed by atoms with Gasteiger partial charge in [0.2, 0.25) is 0 Å². The maximum Gasteiger partial charge on any atom is 0.159 e. The molecule has 0 aliphatic heterocycles. The molecule has 0 N–H and O–H groups in total. The summed E-state index contributed by atoms with van der Waals surface area (Å²) >= 11 is 0. The fourth-order valence-electron chi connectivity index (χ4n) is 3.19. The number of hydrogen-bond acceptors (Lipinski definition) is 1. The minimum Gasteiger partial charge on any atom is -0.261 e. The Morgan fingerprint density at radius 1 is 0.733 bits per heavy atom. The van der Waals surface area contributed by atoms with Gasteiger partial charge in [0.15, 0.2) is 11.6 Å². The van der Waals surface area contributed by atoms with Gasteiger partial charge in [-0.15, -0.1) is 0 Å². The van der Waals surface area contributed by atoms with Crippen LogP contribution in [0, 0.1) is 36.2 Å². The van der Waals surface area contributed by atoms with Crippen LogP contribution in [0.5, 0.6) is 0 Å². The standard InChI is InChI=1S/C26H18F3N/c1-17-2-10-23(30-16-17)11-6-19-4-8-20(24(27)13-19)7-3-18-5-9-21-14-25(28)26(29)15-22(21)12-18/h2,4-5,8-10,12-16H,6,11H2,1H3. The molecule has 4 rings (SSSR count). The van der Waals surface area contributed by atoms with Gasteiger partial charge in [0.1, 0.15) is 5.82 Å². The molecule has 0 spiro atoms. The van der Waals surface area contributed by atoms with Crippen molar-refractivity contribution < 1.29 is 13.2 Å². The first kappa shape index (κ1) is 19.7. The normalized spacial score (nSPS) is 10.7. The number of pyridine rings is 1. The van der Waals surface area contributed by atoms with Crippen LogP contribution < -0.4 is 0 Å². The summed E-state index contributed by atoms with van der Waals surface area (Å²) in [5.41, 5.74) is 3.84. The third-order valence-corrected chi connectivity index (χ3v) is 4.90. The van der Waals surface area contributed by atoms with Gasteiger partial charge < -0.3 is 0 Å². The Balaban J connectivity index is 1.50. The molecular formula is C26H18F3N. The number of fused-ring (bicyclic) bond motifs is 1. The molecular weight excluding hydrogens is 383 g/mol. The maximum absolute atomic E-state index is 14.5. The van der Waals surface area contributed by atoms with E-state index in [2.05, 4.69) is 16.8 Å². The second kappa shape index (κ2) is 8.42. The topological polar surface area (TPSA) is 12.9 Å². The molecule has 1 heterocycles. The van der Waals surface area contributed by atoms with E-state index in [1.54, 1.807) is 24.3 Å². The van der Waals surface area contributed by atoms with Crippen molar-refractivity contribution in [2.75, 3.05) is 0 Å². The highest BCUT2D eigenvalue weighted by Crippen LogP contribution is 2.20. The van der Waals surface area contributed by atoms with Crippen molar-refractivity contribution in [3.05, 3.63) is 112 Å². The van der Waals surface area contributed by atoms with E-state index in [-0.39, 0.29) is 11.4 Å². The Kier molecular flexibility index (Phi) is 5.54. The van der Waals surface area contributed by atoms with E-state index in [1.807, 2.05) is 31.3 Å². The van der Waals surface area contributed by atoms with Crippen molar-refractivity contribution in [2.45, 2.75) is 19.8 Å². The lowest BCUT2D eigenvalue weighted by Gasteiger charge is -2.04. The zero-order valence-electron chi connectivity index (χ0n) is 16.3. The van der Waals surface area contributed by atoms with Crippen LogP contribution in [-0.4, -0.2) is 4.98 Å². The van der Waals surface area contributed by atoms with Gasteiger partial charge in [-0.2, -0.15) is 0 Å². The highest BCUT2D eigenvalue weighted by Gasteiger charge is 2.05. The molecule has 0 saturated carbocycles. The second-order valence-corrected chi connectivity index (χ2v) is 7.22. The summed E-state index contributed by atoms with van der Waals surface area (Å²) in [5, 5.41) is 1.12. The van der Waals surface area contributed by atoms with Crippen LogP contribution >= 0.6 is 0 Å². The van der Waals surface area contributed by atoms with E-state index < -0.39 is 11.6 Å². The van der Waals surface area contributed by atoms with Crippen LogP contribution in [0.4, 0.5) is 13.2 Å². The van der Waals surface area contributed by atoms with E-state index in [4.69, 9.17) is 0 Å². The Morgan fingerprint density at radius 2 is 1.53 bits per heavy atom. The molecule has 4 aromatic rings. The molecule has 0 radical (unpaired) electrons. The van der Waals surface area contributed by atoms with Gasteiger partial charge in [-0.1, -0.05) is 30.0 Å². The van der Waals surface area contributed by atoms with E-state index in [1.165, 1.54) is 6.07 Å². The van der Waals surface area contributed by atoms with Gasteiger partial charge in [-0.05, 0) is 84.1 Å². The van der Waals surface area contributed by atoms with Gasteiger partial charge in [0.25, 0.3) is 0 Å². The predicted octanol–water partition coefficient (Wildman–Crippen LogP) is 6.15. The quantitative estimate of drug-likeness (QED) is 0.376. The molecule has 0 aliphatic carbocycles. The lowest BCUT2D eigenvalue weighted by Crippen LogP contribution is -1.96.